The highest BCUT2D eigenvalue weighted by Gasteiger charge is 2.45. The van der Waals surface area contributed by atoms with Crippen LogP contribution in [0.25, 0.3) is 0 Å². The molecule has 0 radical (unpaired) electrons. The number of nitrogens with one attached hydrogen (secondary N) is 1. The van der Waals surface area contributed by atoms with E-state index in [1.165, 1.54) is 12.1 Å². The highest BCUT2D eigenvalue weighted by atomic mass is 35.5. The number of pyridine rings is 1. The lowest BCUT2D eigenvalue weighted by atomic mass is 9.87. The molecule has 2 aromatic rings. The van der Waals surface area contributed by atoms with Crippen LogP contribution in [-0.2, 0) is 10.0 Å². The molecular formula is C19H24ClFN2O5S. The fourth-order valence-electron chi connectivity index (χ4n) is 3.33. The zero-order valence-corrected chi connectivity index (χ0v) is 17.4. The van der Waals surface area contributed by atoms with Gasteiger partial charge in [-0.05, 0) is 50.1 Å². The molecule has 1 unspecified atom stereocenters. The molecule has 0 aliphatic heterocycles. The summed E-state index contributed by atoms with van der Waals surface area (Å²) in [6.07, 6.45) is -1.59. The normalized spacial score (nSPS) is 24.1. The molecule has 1 saturated carbocycles. The highest BCUT2D eigenvalue weighted by molar-refractivity contribution is 7.89. The van der Waals surface area contributed by atoms with Crippen molar-refractivity contribution in [3.05, 3.63) is 54.0 Å². The van der Waals surface area contributed by atoms with Crippen molar-refractivity contribution in [3.63, 3.8) is 0 Å². The van der Waals surface area contributed by atoms with Crippen LogP contribution in [0.15, 0.2) is 47.4 Å². The topological polar surface area (TPSA) is 109 Å². The standard InChI is InChI=1S/C19H23FN2O5S.ClH/c1-13-3-2-4-18(22-13)27-12-19(9-16(23)17(24)10-19)11-21-28(25,26)15-7-5-14(20)6-8-15;/h2-8,16-17,21,23-24H,9-12H2,1H3;1H/t16-,17+,19?;. The summed E-state index contributed by atoms with van der Waals surface area (Å²) in [5, 5.41) is 20.0. The number of sulfonamides is 1. The first kappa shape index (κ1) is 23.5. The van der Waals surface area contributed by atoms with Gasteiger partial charge in [-0.1, -0.05) is 6.07 Å². The number of halogens is 2. The molecule has 3 atom stereocenters. The van der Waals surface area contributed by atoms with E-state index in [0.29, 0.717) is 5.88 Å². The van der Waals surface area contributed by atoms with Gasteiger partial charge in [0, 0.05) is 23.7 Å². The minimum atomic E-state index is -3.88. The van der Waals surface area contributed by atoms with E-state index >= 15 is 0 Å². The van der Waals surface area contributed by atoms with Gasteiger partial charge in [-0.15, -0.1) is 12.4 Å². The molecule has 1 aliphatic carbocycles. The van der Waals surface area contributed by atoms with Gasteiger partial charge in [0.1, 0.15) is 5.82 Å². The summed E-state index contributed by atoms with van der Waals surface area (Å²) in [4.78, 5) is 4.18. The van der Waals surface area contributed by atoms with Crippen LogP contribution in [0, 0.1) is 18.2 Å². The van der Waals surface area contributed by atoms with Crippen LogP contribution in [-0.4, -0.2) is 49.0 Å². The van der Waals surface area contributed by atoms with Gasteiger partial charge >= 0.3 is 0 Å². The van der Waals surface area contributed by atoms with Crippen molar-refractivity contribution in [1.82, 2.24) is 9.71 Å². The lowest BCUT2D eigenvalue weighted by Crippen LogP contribution is -2.40. The average Bonchev–Trinajstić information content (AvgIpc) is 2.94. The summed E-state index contributed by atoms with van der Waals surface area (Å²) >= 11 is 0. The molecule has 0 spiro atoms. The Bertz CT molecular complexity index is 916. The SMILES string of the molecule is Cc1cccc(OCC2(CNS(=O)(=O)c3ccc(F)cc3)C[C@@H](O)[C@@H](O)C2)n1.Cl. The quantitative estimate of drug-likeness (QED) is 0.598. The number of hydrogen-bond acceptors (Lipinski definition) is 6. The molecule has 0 bridgehead atoms. The first-order valence-corrected chi connectivity index (χ1v) is 10.4. The van der Waals surface area contributed by atoms with Gasteiger partial charge in [-0.2, -0.15) is 0 Å². The summed E-state index contributed by atoms with van der Waals surface area (Å²) in [5.41, 5.74) is -0.0350. The van der Waals surface area contributed by atoms with Crippen molar-refractivity contribution < 1.29 is 27.8 Å². The summed E-state index contributed by atoms with van der Waals surface area (Å²) in [7, 11) is -3.88. The Balaban J connectivity index is 0.00000300. The molecule has 3 rings (SSSR count). The van der Waals surface area contributed by atoms with Crippen LogP contribution in [0.2, 0.25) is 0 Å². The number of benzene rings is 1. The van der Waals surface area contributed by atoms with Crippen LogP contribution >= 0.6 is 12.4 Å². The van der Waals surface area contributed by atoms with E-state index in [0.717, 1.165) is 17.8 Å². The second-order valence-corrected chi connectivity index (χ2v) is 8.99. The maximum atomic E-state index is 13.1. The fraction of sp³-hybridized carbons (Fsp3) is 0.421. The molecule has 1 aromatic heterocycles. The number of aliphatic hydroxyl groups is 2. The molecule has 0 saturated heterocycles. The number of ether oxygens (including phenoxy) is 1. The Morgan fingerprint density at radius 2 is 1.79 bits per heavy atom. The number of rotatable bonds is 7. The van der Waals surface area contributed by atoms with Crippen molar-refractivity contribution in [2.75, 3.05) is 13.2 Å². The molecule has 0 amide bonds. The molecule has 7 nitrogen and oxygen atoms in total. The van der Waals surface area contributed by atoms with Gasteiger partial charge in [0.05, 0.1) is 23.7 Å². The molecule has 3 N–H and O–H groups in total. The van der Waals surface area contributed by atoms with E-state index in [1.54, 1.807) is 12.1 Å². The molecule has 10 heteroatoms. The number of aliphatic hydroxyl groups excluding tert-OH is 2. The molecule has 1 aromatic carbocycles. The zero-order chi connectivity index (χ0) is 20.4. The second kappa shape index (κ2) is 9.36. The van der Waals surface area contributed by atoms with Crippen LogP contribution in [0.3, 0.4) is 0 Å². The van der Waals surface area contributed by atoms with Crippen LogP contribution in [0.1, 0.15) is 18.5 Å². The van der Waals surface area contributed by atoms with E-state index in [1.807, 2.05) is 13.0 Å². The smallest absolute Gasteiger partial charge is 0.240 e. The maximum Gasteiger partial charge on any atom is 0.240 e. The first-order chi connectivity index (χ1) is 13.2. The molecular weight excluding hydrogens is 423 g/mol. The summed E-state index contributed by atoms with van der Waals surface area (Å²) < 4.78 is 46.3. The van der Waals surface area contributed by atoms with Gasteiger partial charge < -0.3 is 14.9 Å². The van der Waals surface area contributed by atoms with Crippen molar-refractivity contribution >= 4 is 22.4 Å². The van der Waals surface area contributed by atoms with Crippen molar-refractivity contribution in [3.8, 4) is 5.88 Å². The Morgan fingerprint density at radius 3 is 2.38 bits per heavy atom. The van der Waals surface area contributed by atoms with E-state index < -0.39 is 33.5 Å². The van der Waals surface area contributed by atoms with E-state index in [4.69, 9.17) is 4.74 Å². The van der Waals surface area contributed by atoms with Gasteiger partial charge in [-0.3, -0.25) is 0 Å². The van der Waals surface area contributed by atoms with E-state index in [-0.39, 0.29) is 43.3 Å². The Labute approximate surface area is 175 Å². The lowest BCUT2D eigenvalue weighted by Gasteiger charge is -2.29. The van der Waals surface area contributed by atoms with Crippen LogP contribution < -0.4 is 9.46 Å². The van der Waals surface area contributed by atoms with Gasteiger partial charge in [0.2, 0.25) is 15.9 Å². The predicted molar refractivity (Wildman–Crippen MR) is 107 cm³/mol. The molecule has 1 heterocycles. The number of hydrogen-bond donors (Lipinski definition) is 3. The number of aromatic nitrogens is 1. The van der Waals surface area contributed by atoms with Gasteiger partial charge in [0.25, 0.3) is 0 Å². The third-order valence-electron chi connectivity index (χ3n) is 4.88. The number of nitrogens with zero attached hydrogens (tertiary/aromatic N) is 1. The Morgan fingerprint density at radius 1 is 1.17 bits per heavy atom. The largest absolute Gasteiger partial charge is 0.477 e. The molecule has 29 heavy (non-hydrogen) atoms. The van der Waals surface area contributed by atoms with Crippen molar-refractivity contribution in [1.29, 1.82) is 0 Å². The second-order valence-electron chi connectivity index (χ2n) is 7.23. The zero-order valence-electron chi connectivity index (χ0n) is 15.8. The monoisotopic (exact) mass is 446 g/mol. The van der Waals surface area contributed by atoms with Crippen LogP contribution in [0.4, 0.5) is 4.39 Å². The number of aryl methyl sites for hydroxylation is 1. The molecule has 1 fully saturated rings. The average molecular weight is 447 g/mol. The minimum Gasteiger partial charge on any atom is -0.477 e. The lowest BCUT2D eigenvalue weighted by molar-refractivity contribution is 0.0438. The summed E-state index contributed by atoms with van der Waals surface area (Å²) in [6, 6.07) is 9.79. The van der Waals surface area contributed by atoms with Gasteiger partial charge in [0.15, 0.2) is 0 Å². The molecule has 1 aliphatic rings. The molecule has 160 valence electrons. The predicted octanol–water partition coefficient (Wildman–Crippen LogP) is 1.81. The van der Waals surface area contributed by atoms with E-state index in [9.17, 15) is 23.0 Å². The van der Waals surface area contributed by atoms with Crippen molar-refractivity contribution in [2.24, 2.45) is 5.41 Å². The van der Waals surface area contributed by atoms with Crippen LogP contribution in [0.5, 0.6) is 5.88 Å². The highest BCUT2D eigenvalue weighted by Crippen LogP contribution is 2.39. The minimum absolute atomic E-state index is 0. The maximum absolute atomic E-state index is 13.1. The summed E-state index contributed by atoms with van der Waals surface area (Å²) in [5.74, 6) is -0.145. The first-order valence-electron chi connectivity index (χ1n) is 8.87. The fourth-order valence-corrected chi connectivity index (χ4v) is 4.48. The summed E-state index contributed by atoms with van der Waals surface area (Å²) in [6.45, 7) is 1.85. The third kappa shape index (κ3) is 5.86. The Hall–Kier alpha value is -1.78. The Kier molecular flexibility index (Phi) is 7.58. The third-order valence-corrected chi connectivity index (χ3v) is 6.30. The van der Waals surface area contributed by atoms with Crippen molar-refractivity contribution in [2.45, 2.75) is 36.9 Å². The van der Waals surface area contributed by atoms with Gasteiger partial charge in [-0.25, -0.2) is 22.5 Å². The van der Waals surface area contributed by atoms with E-state index in [2.05, 4.69) is 9.71 Å².